The van der Waals surface area contributed by atoms with Gasteiger partial charge in [0.05, 0.1) is 0 Å². The van der Waals surface area contributed by atoms with Crippen molar-refractivity contribution < 1.29 is 9.90 Å². The van der Waals surface area contributed by atoms with Gasteiger partial charge in [0.15, 0.2) is 11.4 Å². The van der Waals surface area contributed by atoms with Crippen LogP contribution in [-0.2, 0) is 5.60 Å². The molecular weight excluding hydrogens is 339 g/mol. The smallest absolute Gasteiger partial charge is 0.199 e. The van der Waals surface area contributed by atoms with E-state index < -0.39 is 13.5 Å². The number of hydrogen-bond donors (Lipinski definition) is 1. The van der Waals surface area contributed by atoms with Gasteiger partial charge in [0, 0.05) is 11.7 Å². The van der Waals surface area contributed by atoms with Crippen LogP contribution >= 0.6 is 7.92 Å². The van der Waals surface area contributed by atoms with Crippen LogP contribution in [0.5, 0.6) is 0 Å². The monoisotopic (exact) mass is 370 g/mol. The van der Waals surface area contributed by atoms with Crippen LogP contribution in [-0.4, -0.2) is 27.4 Å². The first-order valence-corrected chi connectivity index (χ1v) is 10.6. The third kappa shape index (κ3) is 4.61. The SMILES string of the molecule is CC(C)(C)P(CC(O)(C(=O)c1ccccc1)c1ccccc1)C(C)(C)C. The number of hydrogen-bond acceptors (Lipinski definition) is 2. The maximum atomic E-state index is 13.4. The lowest BCUT2D eigenvalue weighted by Gasteiger charge is -2.45. The van der Waals surface area contributed by atoms with E-state index in [1.54, 1.807) is 12.1 Å². The molecule has 0 amide bonds. The van der Waals surface area contributed by atoms with E-state index in [9.17, 15) is 9.90 Å². The van der Waals surface area contributed by atoms with Crippen molar-refractivity contribution in [1.82, 2.24) is 0 Å². The van der Waals surface area contributed by atoms with Gasteiger partial charge in [-0.15, -0.1) is 0 Å². The summed E-state index contributed by atoms with van der Waals surface area (Å²) in [7, 11) is -0.648. The third-order valence-corrected chi connectivity index (χ3v) is 8.68. The Morgan fingerprint density at radius 2 is 1.23 bits per heavy atom. The van der Waals surface area contributed by atoms with Crippen molar-refractivity contribution in [2.75, 3.05) is 6.16 Å². The zero-order valence-electron chi connectivity index (χ0n) is 16.8. The molecule has 1 N–H and O–H groups in total. The number of carbonyl (C=O) groups excluding carboxylic acids is 1. The van der Waals surface area contributed by atoms with E-state index in [1.165, 1.54) is 0 Å². The lowest BCUT2D eigenvalue weighted by Crippen LogP contribution is -2.43. The maximum Gasteiger partial charge on any atom is 0.199 e. The molecule has 0 aromatic heterocycles. The highest BCUT2D eigenvalue weighted by Crippen LogP contribution is 2.61. The first-order chi connectivity index (χ1) is 12.0. The molecule has 0 heterocycles. The van der Waals surface area contributed by atoms with Crippen molar-refractivity contribution in [3.8, 4) is 0 Å². The minimum absolute atomic E-state index is 0.0211. The largest absolute Gasteiger partial charge is 0.377 e. The highest BCUT2D eigenvalue weighted by atomic mass is 31.1. The van der Waals surface area contributed by atoms with Gasteiger partial charge in [-0.3, -0.25) is 4.79 Å². The molecule has 0 spiro atoms. The van der Waals surface area contributed by atoms with Gasteiger partial charge in [0.25, 0.3) is 0 Å². The highest BCUT2D eigenvalue weighted by molar-refractivity contribution is 7.61. The first-order valence-electron chi connectivity index (χ1n) is 9.12. The van der Waals surface area contributed by atoms with Crippen molar-refractivity contribution in [2.45, 2.75) is 57.5 Å². The van der Waals surface area contributed by atoms with E-state index in [2.05, 4.69) is 41.5 Å². The average Bonchev–Trinajstić information content (AvgIpc) is 2.58. The molecule has 0 aliphatic carbocycles. The van der Waals surface area contributed by atoms with Crippen molar-refractivity contribution in [3.63, 3.8) is 0 Å². The maximum absolute atomic E-state index is 13.4. The van der Waals surface area contributed by atoms with Crippen LogP contribution in [0.15, 0.2) is 60.7 Å². The summed E-state index contributed by atoms with van der Waals surface area (Å²) in [6.45, 7) is 13.3. The molecular formula is C23H31O2P. The van der Waals surface area contributed by atoms with Crippen molar-refractivity contribution >= 4 is 13.7 Å². The number of benzene rings is 2. The Bertz CT molecular complexity index is 712. The number of carbonyl (C=O) groups is 1. The number of ketones is 1. The summed E-state index contributed by atoms with van der Waals surface area (Å²) in [6, 6.07) is 18.5. The van der Waals surface area contributed by atoms with Crippen LogP contribution in [0, 0.1) is 0 Å². The van der Waals surface area contributed by atoms with E-state index in [0.717, 1.165) is 0 Å². The summed E-state index contributed by atoms with van der Waals surface area (Å²) in [5, 5.41) is 11.8. The van der Waals surface area contributed by atoms with E-state index in [1.807, 2.05) is 48.5 Å². The second-order valence-electron chi connectivity index (χ2n) is 8.85. The standard InChI is InChI=1S/C23H31O2P/c1-21(2,3)26(22(4,5)6)17-23(25,19-15-11-8-12-16-19)20(24)18-13-9-7-10-14-18/h7-16,25H,17H2,1-6H3. The number of rotatable bonds is 5. The number of aliphatic hydroxyl groups is 1. The molecule has 0 saturated heterocycles. The zero-order valence-corrected chi connectivity index (χ0v) is 17.7. The summed E-state index contributed by atoms with van der Waals surface area (Å²) in [5.41, 5.74) is -0.291. The van der Waals surface area contributed by atoms with Crippen LogP contribution < -0.4 is 0 Å². The van der Waals surface area contributed by atoms with E-state index >= 15 is 0 Å². The van der Waals surface area contributed by atoms with Crippen molar-refractivity contribution in [2.24, 2.45) is 0 Å². The molecule has 2 aromatic carbocycles. The molecule has 0 fully saturated rings. The van der Waals surface area contributed by atoms with Gasteiger partial charge < -0.3 is 5.11 Å². The van der Waals surface area contributed by atoms with Gasteiger partial charge in [-0.05, 0) is 15.9 Å². The van der Waals surface area contributed by atoms with Crippen LogP contribution in [0.1, 0.15) is 57.5 Å². The molecule has 1 atom stereocenters. The summed E-state index contributed by atoms with van der Waals surface area (Å²) >= 11 is 0. The van der Waals surface area contributed by atoms with Crippen molar-refractivity contribution in [3.05, 3.63) is 71.8 Å². The molecule has 0 saturated carbocycles. The normalized spacial score (nSPS) is 14.9. The van der Waals surface area contributed by atoms with Gasteiger partial charge in [-0.1, -0.05) is 110 Å². The average molecular weight is 370 g/mol. The van der Waals surface area contributed by atoms with E-state index in [4.69, 9.17) is 0 Å². The lowest BCUT2D eigenvalue weighted by atomic mass is 9.87. The first kappa shape index (κ1) is 20.8. The molecule has 1 unspecified atom stereocenters. The Hall–Kier alpha value is -1.50. The van der Waals surface area contributed by atoms with Crippen LogP contribution in [0.4, 0.5) is 0 Å². The number of Topliss-reactive ketones (excluding diaryl/α,β-unsaturated/α-hetero) is 1. The Morgan fingerprint density at radius 3 is 1.65 bits per heavy atom. The Balaban J connectivity index is 2.56. The third-order valence-electron chi connectivity index (χ3n) is 4.67. The Kier molecular flexibility index (Phi) is 6.10. The molecule has 0 bridgehead atoms. The predicted octanol–water partition coefficient (Wildman–Crippen LogP) is 5.84. The van der Waals surface area contributed by atoms with Crippen LogP contribution in [0.25, 0.3) is 0 Å². The quantitative estimate of drug-likeness (QED) is 0.530. The van der Waals surface area contributed by atoms with Crippen LogP contribution in [0.3, 0.4) is 0 Å². The summed E-state index contributed by atoms with van der Waals surface area (Å²) < 4.78 is 0. The van der Waals surface area contributed by atoms with Gasteiger partial charge in [0.1, 0.15) is 0 Å². The topological polar surface area (TPSA) is 37.3 Å². The molecule has 0 radical (unpaired) electrons. The van der Waals surface area contributed by atoms with Gasteiger partial charge in [-0.25, -0.2) is 0 Å². The molecule has 3 heteroatoms. The molecule has 26 heavy (non-hydrogen) atoms. The summed E-state index contributed by atoms with van der Waals surface area (Å²) in [5.74, 6) is -0.217. The van der Waals surface area contributed by atoms with Gasteiger partial charge in [-0.2, -0.15) is 0 Å². The summed E-state index contributed by atoms with van der Waals surface area (Å²) in [6.07, 6.45) is 0.451. The molecule has 2 rings (SSSR count). The summed E-state index contributed by atoms with van der Waals surface area (Å²) in [4.78, 5) is 13.4. The second-order valence-corrected chi connectivity index (χ2v) is 12.7. The molecule has 0 aliphatic heterocycles. The Labute approximate surface area is 159 Å². The second kappa shape index (κ2) is 7.62. The minimum Gasteiger partial charge on any atom is -0.377 e. The fourth-order valence-electron chi connectivity index (χ4n) is 3.55. The molecule has 2 nitrogen and oxygen atoms in total. The van der Waals surface area contributed by atoms with E-state index in [-0.39, 0.29) is 16.1 Å². The minimum atomic E-state index is -1.52. The zero-order chi connectivity index (χ0) is 19.6. The van der Waals surface area contributed by atoms with Gasteiger partial charge >= 0.3 is 0 Å². The molecule has 140 valence electrons. The van der Waals surface area contributed by atoms with E-state index in [0.29, 0.717) is 17.3 Å². The molecule has 0 aliphatic rings. The Morgan fingerprint density at radius 1 is 0.808 bits per heavy atom. The fourth-order valence-corrected chi connectivity index (χ4v) is 7.29. The fraction of sp³-hybridized carbons (Fsp3) is 0.435. The molecule has 2 aromatic rings. The highest BCUT2D eigenvalue weighted by Gasteiger charge is 2.46. The van der Waals surface area contributed by atoms with Gasteiger partial charge in [0.2, 0.25) is 0 Å². The lowest BCUT2D eigenvalue weighted by molar-refractivity contribution is 0.0407. The predicted molar refractivity (Wildman–Crippen MR) is 112 cm³/mol. The van der Waals surface area contributed by atoms with Crippen molar-refractivity contribution in [1.29, 1.82) is 0 Å². The van der Waals surface area contributed by atoms with Crippen LogP contribution in [0.2, 0.25) is 0 Å².